The van der Waals surface area contributed by atoms with Crippen molar-refractivity contribution in [3.8, 4) is 0 Å². The molecular weight excluding hydrogens is 266 g/mol. The maximum absolute atomic E-state index is 12.0. The SMILES string of the molecule is CC(C)(C)OC(=O)N[C@H]1c2cccc3cccc(c23)[C@H]1O. The predicted octanol–water partition coefficient (Wildman–Crippen LogP) is 3.45. The highest BCUT2D eigenvalue weighted by Gasteiger charge is 2.34. The second-order valence-corrected chi connectivity index (χ2v) is 6.36. The molecule has 110 valence electrons. The molecule has 2 N–H and O–H groups in total. The summed E-state index contributed by atoms with van der Waals surface area (Å²) in [5.41, 5.74) is 1.22. The van der Waals surface area contributed by atoms with Gasteiger partial charge in [0, 0.05) is 0 Å². The Labute approximate surface area is 123 Å². The molecule has 4 nitrogen and oxygen atoms in total. The average molecular weight is 285 g/mol. The van der Waals surface area contributed by atoms with Crippen LogP contribution in [0.5, 0.6) is 0 Å². The number of hydrogen-bond donors (Lipinski definition) is 2. The number of hydrogen-bond acceptors (Lipinski definition) is 3. The van der Waals surface area contributed by atoms with Crippen LogP contribution < -0.4 is 5.32 Å². The van der Waals surface area contributed by atoms with Crippen LogP contribution in [0.15, 0.2) is 36.4 Å². The average Bonchev–Trinajstić information content (AvgIpc) is 2.65. The van der Waals surface area contributed by atoms with E-state index in [0.717, 1.165) is 21.9 Å². The smallest absolute Gasteiger partial charge is 0.408 e. The molecule has 0 radical (unpaired) electrons. The zero-order valence-electron chi connectivity index (χ0n) is 12.4. The van der Waals surface area contributed by atoms with Gasteiger partial charge in [-0.1, -0.05) is 36.4 Å². The third-order valence-electron chi connectivity index (χ3n) is 3.61. The fraction of sp³-hybridized carbons (Fsp3) is 0.353. The van der Waals surface area contributed by atoms with E-state index in [1.165, 1.54) is 0 Å². The van der Waals surface area contributed by atoms with Crippen molar-refractivity contribution in [1.82, 2.24) is 5.32 Å². The minimum Gasteiger partial charge on any atom is -0.444 e. The monoisotopic (exact) mass is 285 g/mol. The summed E-state index contributed by atoms with van der Waals surface area (Å²) in [5, 5.41) is 15.4. The summed E-state index contributed by atoms with van der Waals surface area (Å²) in [6.45, 7) is 5.44. The Kier molecular flexibility index (Phi) is 3.14. The normalized spacial score (nSPS) is 20.6. The molecule has 2 aromatic rings. The summed E-state index contributed by atoms with van der Waals surface area (Å²) in [5.74, 6) is 0. The molecule has 0 aromatic heterocycles. The number of aliphatic hydroxyl groups is 1. The van der Waals surface area contributed by atoms with Gasteiger partial charge in [-0.15, -0.1) is 0 Å². The largest absolute Gasteiger partial charge is 0.444 e. The van der Waals surface area contributed by atoms with Crippen LogP contribution in [0.1, 0.15) is 44.0 Å². The molecular formula is C17H19NO3. The molecule has 0 bridgehead atoms. The fourth-order valence-corrected chi connectivity index (χ4v) is 2.85. The van der Waals surface area contributed by atoms with Crippen LogP contribution in [-0.2, 0) is 4.74 Å². The Morgan fingerprint density at radius 1 is 1.14 bits per heavy atom. The minimum atomic E-state index is -0.751. The third-order valence-corrected chi connectivity index (χ3v) is 3.61. The van der Waals surface area contributed by atoms with Gasteiger partial charge in [0.05, 0.1) is 6.04 Å². The van der Waals surface area contributed by atoms with Crippen LogP contribution in [0.25, 0.3) is 10.8 Å². The number of aliphatic hydroxyl groups excluding tert-OH is 1. The quantitative estimate of drug-likeness (QED) is 0.843. The van der Waals surface area contributed by atoms with Gasteiger partial charge >= 0.3 is 6.09 Å². The Hall–Kier alpha value is -2.07. The van der Waals surface area contributed by atoms with Gasteiger partial charge in [0.2, 0.25) is 0 Å². The summed E-state index contributed by atoms with van der Waals surface area (Å²) < 4.78 is 5.28. The number of benzene rings is 2. The lowest BCUT2D eigenvalue weighted by Crippen LogP contribution is -2.36. The molecule has 1 amide bonds. The molecule has 4 heteroatoms. The van der Waals surface area contributed by atoms with Crippen molar-refractivity contribution in [1.29, 1.82) is 0 Å². The van der Waals surface area contributed by atoms with E-state index in [1.54, 1.807) is 0 Å². The Bertz CT molecular complexity index is 697. The molecule has 2 aromatic carbocycles. The number of nitrogens with one attached hydrogen (secondary N) is 1. The van der Waals surface area contributed by atoms with E-state index < -0.39 is 23.8 Å². The minimum absolute atomic E-state index is 0.471. The second kappa shape index (κ2) is 4.74. The molecule has 0 spiro atoms. The standard InChI is InChI=1S/C17H19NO3/c1-17(2,3)21-16(20)18-14-11-8-4-6-10-7-5-9-12(13(10)11)15(14)19/h4-9,14-15,19H,1-3H3,(H,18,20)/t14-,15+/m0/s1. The Balaban J connectivity index is 1.93. The molecule has 0 fully saturated rings. The molecule has 0 aliphatic heterocycles. The Morgan fingerprint density at radius 2 is 1.76 bits per heavy atom. The van der Waals surface area contributed by atoms with Crippen molar-refractivity contribution < 1.29 is 14.6 Å². The van der Waals surface area contributed by atoms with Gasteiger partial charge < -0.3 is 15.2 Å². The molecule has 3 rings (SSSR count). The van der Waals surface area contributed by atoms with Crippen molar-refractivity contribution in [3.05, 3.63) is 47.5 Å². The van der Waals surface area contributed by atoms with E-state index in [9.17, 15) is 9.90 Å². The summed E-state index contributed by atoms with van der Waals surface area (Å²) in [7, 11) is 0. The molecule has 21 heavy (non-hydrogen) atoms. The highest BCUT2D eigenvalue weighted by Crippen LogP contribution is 2.43. The maximum atomic E-state index is 12.0. The summed E-state index contributed by atoms with van der Waals surface area (Å²) >= 11 is 0. The first-order valence-corrected chi connectivity index (χ1v) is 7.06. The van der Waals surface area contributed by atoms with E-state index in [-0.39, 0.29) is 0 Å². The van der Waals surface area contributed by atoms with E-state index in [1.807, 2.05) is 57.2 Å². The van der Waals surface area contributed by atoms with Gasteiger partial charge in [0.1, 0.15) is 11.7 Å². The lowest BCUT2D eigenvalue weighted by Gasteiger charge is -2.23. The summed E-state index contributed by atoms with van der Waals surface area (Å²) in [4.78, 5) is 12.0. The lowest BCUT2D eigenvalue weighted by molar-refractivity contribution is 0.0430. The third kappa shape index (κ3) is 2.47. The van der Waals surface area contributed by atoms with Crippen molar-refractivity contribution >= 4 is 16.9 Å². The molecule has 1 aliphatic carbocycles. The molecule has 0 heterocycles. The number of amides is 1. The van der Waals surface area contributed by atoms with Gasteiger partial charge in [-0.05, 0) is 42.7 Å². The topological polar surface area (TPSA) is 58.6 Å². The first-order valence-electron chi connectivity index (χ1n) is 7.06. The van der Waals surface area contributed by atoms with Crippen molar-refractivity contribution in [3.63, 3.8) is 0 Å². The van der Waals surface area contributed by atoms with Crippen molar-refractivity contribution in [2.45, 2.75) is 38.5 Å². The molecule has 2 atom stereocenters. The summed E-state index contributed by atoms with van der Waals surface area (Å²) in [6.07, 6.45) is -1.27. The molecule has 0 saturated carbocycles. The molecule has 0 saturated heterocycles. The van der Waals surface area contributed by atoms with Gasteiger partial charge in [-0.2, -0.15) is 0 Å². The molecule has 1 aliphatic rings. The maximum Gasteiger partial charge on any atom is 0.408 e. The summed E-state index contributed by atoms with van der Waals surface area (Å²) in [6, 6.07) is 11.2. The number of rotatable bonds is 1. The van der Waals surface area contributed by atoms with Crippen LogP contribution in [0.2, 0.25) is 0 Å². The highest BCUT2D eigenvalue weighted by atomic mass is 16.6. The van der Waals surface area contributed by atoms with E-state index >= 15 is 0 Å². The highest BCUT2D eigenvalue weighted by molar-refractivity contribution is 5.92. The van der Waals surface area contributed by atoms with Crippen LogP contribution in [0, 0.1) is 0 Å². The van der Waals surface area contributed by atoms with E-state index in [4.69, 9.17) is 4.74 Å². The Morgan fingerprint density at radius 3 is 2.38 bits per heavy atom. The number of alkyl carbamates (subject to hydrolysis) is 1. The molecule has 0 unspecified atom stereocenters. The van der Waals surface area contributed by atoms with Gasteiger partial charge in [-0.3, -0.25) is 0 Å². The van der Waals surface area contributed by atoms with Gasteiger partial charge in [-0.25, -0.2) is 4.79 Å². The van der Waals surface area contributed by atoms with E-state index in [2.05, 4.69) is 5.32 Å². The van der Waals surface area contributed by atoms with Gasteiger partial charge in [0.25, 0.3) is 0 Å². The van der Waals surface area contributed by atoms with Crippen molar-refractivity contribution in [2.24, 2.45) is 0 Å². The first kappa shape index (κ1) is 13.9. The lowest BCUT2D eigenvalue weighted by atomic mass is 10.0. The van der Waals surface area contributed by atoms with Crippen LogP contribution in [-0.4, -0.2) is 16.8 Å². The fourth-order valence-electron chi connectivity index (χ4n) is 2.85. The second-order valence-electron chi connectivity index (χ2n) is 6.36. The van der Waals surface area contributed by atoms with Crippen LogP contribution in [0.4, 0.5) is 4.79 Å². The predicted molar refractivity (Wildman–Crippen MR) is 81.0 cm³/mol. The van der Waals surface area contributed by atoms with Crippen molar-refractivity contribution in [2.75, 3.05) is 0 Å². The van der Waals surface area contributed by atoms with Gasteiger partial charge in [0.15, 0.2) is 0 Å². The zero-order chi connectivity index (χ0) is 15.2. The zero-order valence-corrected chi connectivity index (χ0v) is 12.4. The van der Waals surface area contributed by atoms with E-state index in [0.29, 0.717) is 0 Å². The number of carbonyl (C=O) groups excluding carboxylic acids is 1. The number of ether oxygens (including phenoxy) is 1. The first-order chi connectivity index (χ1) is 9.87. The van der Waals surface area contributed by atoms with Crippen LogP contribution >= 0.6 is 0 Å². The van der Waals surface area contributed by atoms with Crippen LogP contribution in [0.3, 0.4) is 0 Å². The number of carbonyl (C=O) groups is 1.